The number of amides is 1. The predicted molar refractivity (Wildman–Crippen MR) is 89.7 cm³/mol. The lowest BCUT2D eigenvalue weighted by molar-refractivity contribution is 0.101. The molecule has 0 spiro atoms. The maximum atomic E-state index is 12.4. The highest BCUT2D eigenvalue weighted by Crippen LogP contribution is 2.24. The van der Waals surface area contributed by atoms with Crippen LogP contribution in [0.2, 0.25) is 0 Å². The van der Waals surface area contributed by atoms with Gasteiger partial charge in [-0.15, -0.1) is 5.10 Å². The lowest BCUT2D eigenvalue weighted by Crippen LogP contribution is -2.11. The standard InChI is InChI=1S/C17H13N3O2S/c1-11(21)12-7-9-14(10-8-12)18-17(22)16-15(19-20-23-16)13-5-3-2-4-6-13/h2-10H,1H3,(H,18,22). The van der Waals surface area contributed by atoms with Crippen molar-refractivity contribution in [1.82, 2.24) is 9.59 Å². The van der Waals surface area contributed by atoms with Gasteiger partial charge in [-0.1, -0.05) is 34.8 Å². The summed E-state index contributed by atoms with van der Waals surface area (Å²) in [6, 6.07) is 16.2. The van der Waals surface area contributed by atoms with Crippen molar-refractivity contribution in [2.45, 2.75) is 6.92 Å². The van der Waals surface area contributed by atoms with Crippen LogP contribution in [-0.4, -0.2) is 21.3 Å². The largest absolute Gasteiger partial charge is 0.321 e. The lowest BCUT2D eigenvalue weighted by atomic mass is 10.1. The van der Waals surface area contributed by atoms with Crippen molar-refractivity contribution in [1.29, 1.82) is 0 Å². The van der Waals surface area contributed by atoms with Gasteiger partial charge in [0.25, 0.3) is 5.91 Å². The second-order valence-corrected chi connectivity index (χ2v) is 5.66. The van der Waals surface area contributed by atoms with E-state index >= 15 is 0 Å². The fourth-order valence-electron chi connectivity index (χ4n) is 2.10. The Bertz CT molecular complexity index is 842. The van der Waals surface area contributed by atoms with E-state index in [0.717, 1.165) is 17.1 Å². The van der Waals surface area contributed by atoms with Crippen LogP contribution in [0.5, 0.6) is 0 Å². The molecule has 6 heteroatoms. The zero-order valence-corrected chi connectivity index (χ0v) is 13.1. The summed E-state index contributed by atoms with van der Waals surface area (Å²) in [6.07, 6.45) is 0. The minimum atomic E-state index is -0.269. The number of rotatable bonds is 4. The Morgan fingerprint density at radius 1 is 1.00 bits per heavy atom. The van der Waals surface area contributed by atoms with Crippen molar-refractivity contribution < 1.29 is 9.59 Å². The molecule has 1 heterocycles. The van der Waals surface area contributed by atoms with Crippen molar-refractivity contribution in [3.8, 4) is 11.3 Å². The van der Waals surface area contributed by atoms with Gasteiger partial charge < -0.3 is 5.32 Å². The Morgan fingerprint density at radius 3 is 2.35 bits per heavy atom. The van der Waals surface area contributed by atoms with Crippen molar-refractivity contribution in [2.75, 3.05) is 5.32 Å². The first-order chi connectivity index (χ1) is 11.1. The molecule has 0 unspecified atom stereocenters. The molecule has 0 aliphatic carbocycles. The summed E-state index contributed by atoms with van der Waals surface area (Å²) < 4.78 is 3.88. The van der Waals surface area contributed by atoms with E-state index in [2.05, 4.69) is 14.9 Å². The summed E-state index contributed by atoms with van der Waals surface area (Å²) in [5, 5.41) is 6.85. The molecular weight excluding hydrogens is 310 g/mol. The molecule has 1 amide bonds. The fourth-order valence-corrected chi connectivity index (χ4v) is 2.68. The van der Waals surface area contributed by atoms with Gasteiger partial charge in [-0.3, -0.25) is 9.59 Å². The predicted octanol–water partition coefficient (Wildman–Crippen LogP) is 3.66. The third-order valence-corrected chi connectivity index (χ3v) is 4.02. The second kappa shape index (κ2) is 6.50. The van der Waals surface area contributed by atoms with Crippen molar-refractivity contribution in [3.05, 3.63) is 65.0 Å². The van der Waals surface area contributed by atoms with Crippen molar-refractivity contribution in [3.63, 3.8) is 0 Å². The topological polar surface area (TPSA) is 72.0 Å². The summed E-state index contributed by atoms with van der Waals surface area (Å²) in [6.45, 7) is 1.50. The molecule has 0 saturated heterocycles. The Kier molecular flexibility index (Phi) is 4.25. The number of ketones is 1. The van der Waals surface area contributed by atoms with Crippen LogP contribution in [0.4, 0.5) is 5.69 Å². The summed E-state index contributed by atoms with van der Waals surface area (Å²) >= 11 is 1.05. The normalized spacial score (nSPS) is 10.3. The zero-order valence-electron chi connectivity index (χ0n) is 12.3. The summed E-state index contributed by atoms with van der Waals surface area (Å²) in [4.78, 5) is 24.2. The van der Waals surface area contributed by atoms with Gasteiger partial charge in [0, 0.05) is 16.8 Å². The number of nitrogens with one attached hydrogen (secondary N) is 1. The van der Waals surface area contributed by atoms with Gasteiger partial charge in [0.1, 0.15) is 10.6 Å². The van der Waals surface area contributed by atoms with Crippen LogP contribution in [0.25, 0.3) is 11.3 Å². The molecular formula is C17H13N3O2S. The number of hydrogen-bond acceptors (Lipinski definition) is 5. The van der Waals surface area contributed by atoms with E-state index < -0.39 is 0 Å². The van der Waals surface area contributed by atoms with E-state index in [-0.39, 0.29) is 11.7 Å². The summed E-state index contributed by atoms with van der Waals surface area (Å²) in [5.74, 6) is -0.282. The fraction of sp³-hybridized carbons (Fsp3) is 0.0588. The number of carbonyl (C=O) groups excluding carboxylic acids is 2. The van der Waals surface area contributed by atoms with Gasteiger partial charge in [-0.25, -0.2) is 0 Å². The van der Waals surface area contributed by atoms with Gasteiger partial charge in [-0.05, 0) is 42.7 Å². The third-order valence-electron chi connectivity index (χ3n) is 3.29. The number of benzene rings is 2. The maximum Gasteiger partial charge on any atom is 0.269 e. The van der Waals surface area contributed by atoms with Crippen LogP contribution in [0, 0.1) is 0 Å². The molecule has 5 nitrogen and oxygen atoms in total. The molecule has 0 saturated carbocycles. The van der Waals surface area contributed by atoms with E-state index in [1.807, 2.05) is 30.3 Å². The highest BCUT2D eigenvalue weighted by molar-refractivity contribution is 7.08. The van der Waals surface area contributed by atoms with Gasteiger partial charge in [0.05, 0.1) is 0 Å². The number of nitrogens with zero attached hydrogens (tertiary/aromatic N) is 2. The first kappa shape index (κ1) is 15.1. The second-order valence-electron chi connectivity index (χ2n) is 4.90. The van der Waals surface area contributed by atoms with Crippen LogP contribution >= 0.6 is 11.5 Å². The average molecular weight is 323 g/mol. The minimum absolute atomic E-state index is 0.0131. The Morgan fingerprint density at radius 2 is 1.70 bits per heavy atom. The first-order valence-electron chi connectivity index (χ1n) is 6.95. The number of anilines is 1. The van der Waals surface area contributed by atoms with Gasteiger partial charge in [0.15, 0.2) is 5.78 Å². The Balaban J connectivity index is 1.82. The van der Waals surface area contributed by atoms with Crippen molar-refractivity contribution in [2.24, 2.45) is 0 Å². The molecule has 0 fully saturated rings. The molecule has 3 aromatic rings. The smallest absolute Gasteiger partial charge is 0.269 e. The summed E-state index contributed by atoms with van der Waals surface area (Å²) in [5.41, 5.74) is 2.63. The molecule has 1 aromatic heterocycles. The van der Waals surface area contributed by atoms with E-state index in [9.17, 15) is 9.59 Å². The summed E-state index contributed by atoms with van der Waals surface area (Å²) in [7, 11) is 0. The lowest BCUT2D eigenvalue weighted by Gasteiger charge is -2.05. The van der Waals surface area contributed by atoms with Crippen LogP contribution in [0.3, 0.4) is 0 Å². The molecule has 1 N–H and O–H groups in total. The van der Waals surface area contributed by atoms with Gasteiger partial charge in [-0.2, -0.15) is 0 Å². The monoisotopic (exact) mass is 323 g/mol. The number of Topliss-reactive ketones (excluding diaryl/α,β-unsaturated/α-hetero) is 1. The van der Waals surface area contributed by atoms with Gasteiger partial charge >= 0.3 is 0 Å². The van der Waals surface area contributed by atoms with E-state index in [0.29, 0.717) is 21.8 Å². The van der Waals surface area contributed by atoms with Crippen LogP contribution < -0.4 is 5.32 Å². The molecule has 23 heavy (non-hydrogen) atoms. The Hall–Kier alpha value is -2.86. The van der Waals surface area contributed by atoms with E-state index in [1.54, 1.807) is 24.3 Å². The average Bonchev–Trinajstić information content (AvgIpc) is 3.06. The van der Waals surface area contributed by atoms with Crippen LogP contribution in [0.1, 0.15) is 27.0 Å². The highest BCUT2D eigenvalue weighted by Gasteiger charge is 2.17. The molecule has 0 bridgehead atoms. The number of carbonyl (C=O) groups is 2. The molecule has 0 aliphatic rings. The SMILES string of the molecule is CC(=O)c1ccc(NC(=O)c2snnc2-c2ccccc2)cc1. The molecule has 3 rings (SSSR count). The molecule has 0 radical (unpaired) electrons. The first-order valence-corrected chi connectivity index (χ1v) is 7.72. The third kappa shape index (κ3) is 3.32. The van der Waals surface area contributed by atoms with Crippen LogP contribution in [-0.2, 0) is 0 Å². The molecule has 0 atom stereocenters. The molecule has 114 valence electrons. The van der Waals surface area contributed by atoms with Crippen LogP contribution in [0.15, 0.2) is 54.6 Å². The van der Waals surface area contributed by atoms with E-state index in [4.69, 9.17) is 0 Å². The van der Waals surface area contributed by atoms with Gasteiger partial charge in [0.2, 0.25) is 0 Å². The number of aromatic nitrogens is 2. The zero-order chi connectivity index (χ0) is 16.2. The highest BCUT2D eigenvalue weighted by atomic mass is 32.1. The number of hydrogen-bond donors (Lipinski definition) is 1. The molecule has 0 aliphatic heterocycles. The van der Waals surface area contributed by atoms with E-state index in [1.165, 1.54) is 6.92 Å². The maximum absolute atomic E-state index is 12.4. The quantitative estimate of drug-likeness (QED) is 0.744. The van der Waals surface area contributed by atoms with Crippen molar-refractivity contribution >= 4 is 28.9 Å². The minimum Gasteiger partial charge on any atom is -0.321 e. The Labute approximate surface area is 137 Å². The molecule has 2 aromatic carbocycles.